The molecule has 37 heavy (non-hydrogen) atoms. The maximum atomic E-state index is 13.3. The van der Waals surface area contributed by atoms with Crippen LogP contribution in [0.1, 0.15) is 27.5 Å². The van der Waals surface area contributed by atoms with Gasteiger partial charge in [0.25, 0.3) is 5.91 Å². The quantitative estimate of drug-likeness (QED) is 0.327. The number of aromatic nitrogens is 4. The molecule has 0 aliphatic carbocycles. The maximum absolute atomic E-state index is 13.3. The Morgan fingerprint density at radius 3 is 2.78 bits per heavy atom. The van der Waals surface area contributed by atoms with Crippen LogP contribution in [0.3, 0.4) is 0 Å². The minimum atomic E-state index is -3.71. The third-order valence-corrected chi connectivity index (χ3v) is 5.69. The lowest BCUT2D eigenvalue weighted by atomic mass is 10.1. The van der Waals surface area contributed by atoms with Crippen LogP contribution in [0.4, 0.5) is 20.4 Å². The highest BCUT2D eigenvalue weighted by Gasteiger charge is 2.43. The van der Waals surface area contributed by atoms with E-state index in [2.05, 4.69) is 35.2 Å². The Morgan fingerprint density at radius 2 is 2.00 bits per heavy atom. The van der Waals surface area contributed by atoms with Gasteiger partial charge < -0.3 is 25.8 Å². The summed E-state index contributed by atoms with van der Waals surface area (Å²) in [7, 11) is 0. The SMILES string of the molecule is Cc1cnc(Nc2ccc3c(c2)OC(F)(F)O3)nc1-n1cc(C(=O)NC(CN)c2cccc(Cl)c2)cn1. The molecule has 0 radical (unpaired) electrons. The molecule has 0 saturated heterocycles. The molecule has 3 heterocycles. The third kappa shape index (κ3) is 5.29. The molecule has 4 aromatic rings. The molecule has 2 aromatic carbocycles. The zero-order chi connectivity index (χ0) is 26.2. The Hall–Kier alpha value is -4.29. The van der Waals surface area contributed by atoms with Gasteiger partial charge in [-0.1, -0.05) is 23.7 Å². The summed E-state index contributed by atoms with van der Waals surface area (Å²) >= 11 is 6.06. The summed E-state index contributed by atoms with van der Waals surface area (Å²) in [6, 6.07) is 10.9. The number of ether oxygens (including phenoxy) is 2. The van der Waals surface area contributed by atoms with Crippen LogP contribution < -0.4 is 25.8 Å². The first-order valence-electron chi connectivity index (χ1n) is 11.0. The molecule has 0 fully saturated rings. The predicted molar refractivity (Wildman–Crippen MR) is 131 cm³/mol. The fourth-order valence-corrected chi connectivity index (χ4v) is 3.88. The van der Waals surface area contributed by atoms with Gasteiger partial charge in [-0.3, -0.25) is 4.79 Å². The number of hydrogen-bond donors (Lipinski definition) is 3. The van der Waals surface area contributed by atoms with Crippen molar-refractivity contribution in [2.45, 2.75) is 19.3 Å². The minimum absolute atomic E-state index is 0.0735. The van der Waals surface area contributed by atoms with Gasteiger partial charge in [0.1, 0.15) is 0 Å². The topological polar surface area (TPSA) is 129 Å². The summed E-state index contributed by atoms with van der Waals surface area (Å²) < 4.78 is 36.9. The highest BCUT2D eigenvalue weighted by Crippen LogP contribution is 2.42. The van der Waals surface area contributed by atoms with E-state index < -0.39 is 12.3 Å². The van der Waals surface area contributed by atoms with E-state index in [0.29, 0.717) is 27.7 Å². The number of carbonyl (C=O) groups is 1. The van der Waals surface area contributed by atoms with E-state index in [1.54, 1.807) is 31.3 Å². The fourth-order valence-electron chi connectivity index (χ4n) is 3.68. The van der Waals surface area contributed by atoms with E-state index in [1.165, 1.54) is 35.3 Å². The molecule has 1 aliphatic rings. The van der Waals surface area contributed by atoms with Crippen LogP contribution in [0.2, 0.25) is 5.02 Å². The van der Waals surface area contributed by atoms with Gasteiger partial charge in [0, 0.05) is 41.3 Å². The molecule has 190 valence electrons. The number of fused-ring (bicyclic) bond motifs is 1. The molecule has 10 nitrogen and oxygen atoms in total. The van der Waals surface area contributed by atoms with Gasteiger partial charge in [-0.2, -0.15) is 10.1 Å². The number of nitrogens with two attached hydrogens (primary N) is 1. The molecular formula is C24H20ClF2N7O3. The molecule has 5 rings (SSSR count). The molecule has 0 spiro atoms. The monoisotopic (exact) mass is 527 g/mol. The van der Waals surface area contributed by atoms with Crippen molar-refractivity contribution in [2.24, 2.45) is 5.73 Å². The second-order valence-electron chi connectivity index (χ2n) is 8.14. The van der Waals surface area contributed by atoms with Crippen molar-refractivity contribution >= 4 is 29.1 Å². The van der Waals surface area contributed by atoms with E-state index in [0.717, 1.165) is 5.56 Å². The Labute approximate surface area is 214 Å². The van der Waals surface area contributed by atoms with Crippen molar-refractivity contribution < 1.29 is 23.0 Å². The Morgan fingerprint density at radius 1 is 1.19 bits per heavy atom. The van der Waals surface area contributed by atoms with Crippen molar-refractivity contribution in [3.05, 3.63) is 82.8 Å². The molecule has 1 amide bonds. The molecule has 1 atom stereocenters. The smallest absolute Gasteiger partial charge is 0.395 e. The summed E-state index contributed by atoms with van der Waals surface area (Å²) in [5.41, 5.74) is 8.04. The van der Waals surface area contributed by atoms with Gasteiger partial charge in [0.2, 0.25) is 5.95 Å². The van der Waals surface area contributed by atoms with E-state index in [1.807, 2.05) is 6.07 Å². The van der Waals surface area contributed by atoms with Gasteiger partial charge in [-0.25, -0.2) is 9.67 Å². The Balaban J connectivity index is 1.33. The first-order valence-corrected chi connectivity index (χ1v) is 11.4. The molecule has 2 aromatic heterocycles. The summed E-state index contributed by atoms with van der Waals surface area (Å²) in [4.78, 5) is 21.6. The molecule has 4 N–H and O–H groups in total. The molecule has 0 bridgehead atoms. The molecular weight excluding hydrogens is 508 g/mol. The summed E-state index contributed by atoms with van der Waals surface area (Å²) in [5.74, 6) is 0.0316. The first kappa shape index (κ1) is 24.4. The van der Waals surface area contributed by atoms with Crippen molar-refractivity contribution in [1.82, 2.24) is 25.1 Å². The van der Waals surface area contributed by atoms with Crippen LogP contribution >= 0.6 is 11.6 Å². The highest BCUT2D eigenvalue weighted by atomic mass is 35.5. The van der Waals surface area contributed by atoms with Crippen molar-refractivity contribution in [3.63, 3.8) is 0 Å². The van der Waals surface area contributed by atoms with Crippen molar-refractivity contribution in [1.29, 1.82) is 0 Å². The van der Waals surface area contributed by atoms with Crippen LogP contribution in [-0.4, -0.2) is 38.5 Å². The van der Waals surface area contributed by atoms with Gasteiger partial charge in [-0.05, 0) is 36.8 Å². The second-order valence-corrected chi connectivity index (χ2v) is 8.58. The van der Waals surface area contributed by atoms with Crippen molar-refractivity contribution in [3.8, 4) is 17.3 Å². The zero-order valence-corrected chi connectivity index (χ0v) is 20.0. The van der Waals surface area contributed by atoms with Gasteiger partial charge in [-0.15, -0.1) is 8.78 Å². The molecule has 0 saturated carbocycles. The fraction of sp³-hybridized carbons (Fsp3) is 0.167. The van der Waals surface area contributed by atoms with Gasteiger partial charge in [0.15, 0.2) is 17.3 Å². The van der Waals surface area contributed by atoms with Crippen LogP contribution in [0, 0.1) is 6.92 Å². The van der Waals surface area contributed by atoms with Crippen molar-refractivity contribution in [2.75, 3.05) is 11.9 Å². The molecule has 13 heteroatoms. The molecule has 1 aliphatic heterocycles. The lowest BCUT2D eigenvalue weighted by Crippen LogP contribution is -2.33. The van der Waals surface area contributed by atoms with E-state index in [-0.39, 0.29) is 29.9 Å². The highest BCUT2D eigenvalue weighted by molar-refractivity contribution is 6.30. The maximum Gasteiger partial charge on any atom is 0.586 e. The number of nitrogens with zero attached hydrogens (tertiary/aromatic N) is 4. The molecule has 1 unspecified atom stereocenters. The van der Waals surface area contributed by atoms with Gasteiger partial charge >= 0.3 is 6.29 Å². The lowest BCUT2D eigenvalue weighted by Gasteiger charge is -2.17. The van der Waals surface area contributed by atoms with Gasteiger partial charge in [0.05, 0.1) is 17.8 Å². The number of nitrogens with one attached hydrogen (secondary N) is 2. The van der Waals surface area contributed by atoms with Crippen LogP contribution in [-0.2, 0) is 0 Å². The number of anilines is 2. The average molecular weight is 528 g/mol. The summed E-state index contributed by atoms with van der Waals surface area (Å²) in [6.07, 6.45) is 0.796. The van der Waals surface area contributed by atoms with E-state index in [4.69, 9.17) is 17.3 Å². The average Bonchev–Trinajstić information content (AvgIpc) is 3.46. The number of rotatable bonds is 7. The number of aryl methyl sites for hydroxylation is 1. The number of halogens is 3. The van der Waals surface area contributed by atoms with Crippen LogP contribution in [0.25, 0.3) is 5.82 Å². The zero-order valence-electron chi connectivity index (χ0n) is 19.3. The number of amides is 1. The van der Waals surface area contributed by atoms with Crippen LogP contribution in [0.15, 0.2) is 61.1 Å². The number of hydrogen-bond acceptors (Lipinski definition) is 8. The third-order valence-electron chi connectivity index (χ3n) is 5.46. The number of carbonyl (C=O) groups excluding carboxylic acids is 1. The second kappa shape index (κ2) is 9.64. The number of alkyl halides is 2. The largest absolute Gasteiger partial charge is 0.586 e. The predicted octanol–water partition coefficient (Wildman–Crippen LogP) is 4.12. The summed E-state index contributed by atoms with van der Waals surface area (Å²) in [6.45, 7) is 1.96. The Kier molecular flexibility index (Phi) is 6.36. The standard InChI is InChI=1S/C24H20ClF2N7O3/c1-13-10-29-23(31-17-5-6-19-20(8-17)37-24(26,27)36-19)33-21(13)34-12-15(11-30-34)22(35)32-18(9-28)14-3-2-4-16(25)7-14/h2-8,10-12,18H,9,28H2,1H3,(H,32,35)(H,29,31,33). The van der Waals surface area contributed by atoms with Crippen LogP contribution in [0.5, 0.6) is 11.5 Å². The normalized spacial score (nSPS) is 14.3. The first-order chi connectivity index (χ1) is 17.7. The Bertz CT molecular complexity index is 1480. The minimum Gasteiger partial charge on any atom is -0.395 e. The lowest BCUT2D eigenvalue weighted by molar-refractivity contribution is -0.286. The number of benzene rings is 2. The summed E-state index contributed by atoms with van der Waals surface area (Å²) in [5, 5.41) is 10.6. The van der Waals surface area contributed by atoms with E-state index >= 15 is 0 Å². The van der Waals surface area contributed by atoms with E-state index in [9.17, 15) is 13.6 Å².